The Hall–Kier alpha value is -1.25. The van der Waals surface area contributed by atoms with Gasteiger partial charge in [-0.05, 0) is 6.92 Å². The van der Waals surface area contributed by atoms with E-state index in [1.54, 1.807) is 0 Å². The summed E-state index contributed by atoms with van der Waals surface area (Å²) in [7, 11) is 2.40. The molecule has 17 heavy (non-hydrogen) atoms. The van der Waals surface area contributed by atoms with E-state index in [1.807, 2.05) is 0 Å². The van der Waals surface area contributed by atoms with E-state index < -0.39 is 23.2 Å². The summed E-state index contributed by atoms with van der Waals surface area (Å²) in [5.41, 5.74) is 0. The van der Waals surface area contributed by atoms with E-state index in [2.05, 4.69) is 14.9 Å². The molecule has 1 rings (SSSR count). The van der Waals surface area contributed by atoms with Crippen LogP contribution in [0.1, 0.15) is 12.7 Å². The molecule has 0 aliphatic heterocycles. The van der Waals surface area contributed by atoms with Crippen LogP contribution in [0, 0.1) is 0 Å². The molecule has 0 radical (unpaired) electrons. The topological polar surface area (TPSA) is 57.0 Å². The standard InChI is InChI=1S/C8H10F3N3O2S/c1-4(5(15)16-3)17-7-13-12-6(14(7)2)8(9,10)11/h4H,1-3H3. The lowest BCUT2D eigenvalue weighted by Gasteiger charge is -2.09. The van der Waals surface area contributed by atoms with E-state index in [0.29, 0.717) is 0 Å². The smallest absolute Gasteiger partial charge is 0.451 e. The highest BCUT2D eigenvalue weighted by molar-refractivity contribution is 8.00. The molecule has 96 valence electrons. The largest absolute Gasteiger partial charge is 0.468 e. The average molecular weight is 269 g/mol. The lowest BCUT2D eigenvalue weighted by atomic mass is 10.5. The molecule has 9 heteroatoms. The first kappa shape index (κ1) is 13.8. The van der Waals surface area contributed by atoms with Crippen molar-refractivity contribution in [2.45, 2.75) is 23.5 Å². The van der Waals surface area contributed by atoms with Crippen LogP contribution in [-0.2, 0) is 22.8 Å². The summed E-state index contributed by atoms with van der Waals surface area (Å²) in [5, 5.41) is 5.79. The molecule has 0 bridgehead atoms. The first-order valence-corrected chi connectivity index (χ1v) is 5.36. The number of carbonyl (C=O) groups is 1. The van der Waals surface area contributed by atoms with Crippen LogP contribution in [0.4, 0.5) is 13.2 Å². The van der Waals surface area contributed by atoms with Crippen molar-refractivity contribution in [1.29, 1.82) is 0 Å². The minimum atomic E-state index is -4.56. The van der Waals surface area contributed by atoms with Crippen LogP contribution >= 0.6 is 11.8 Å². The van der Waals surface area contributed by atoms with Gasteiger partial charge in [0.25, 0.3) is 0 Å². The predicted molar refractivity (Wildman–Crippen MR) is 53.3 cm³/mol. The maximum absolute atomic E-state index is 12.4. The second-order valence-corrected chi connectivity index (χ2v) is 4.45. The molecule has 0 aliphatic rings. The van der Waals surface area contributed by atoms with Crippen LogP contribution in [0.15, 0.2) is 5.16 Å². The summed E-state index contributed by atoms with van der Waals surface area (Å²) in [4.78, 5) is 11.1. The van der Waals surface area contributed by atoms with Crippen LogP contribution in [-0.4, -0.2) is 33.1 Å². The highest BCUT2D eigenvalue weighted by atomic mass is 32.2. The van der Waals surface area contributed by atoms with E-state index in [1.165, 1.54) is 21.1 Å². The number of nitrogens with zero attached hydrogens (tertiary/aromatic N) is 3. The normalized spacial score (nSPS) is 13.5. The van der Waals surface area contributed by atoms with Crippen molar-refractivity contribution in [2.24, 2.45) is 7.05 Å². The summed E-state index contributed by atoms with van der Waals surface area (Å²) in [5.74, 6) is -1.64. The number of thioether (sulfide) groups is 1. The van der Waals surface area contributed by atoms with Crippen LogP contribution in [0.2, 0.25) is 0 Å². The molecule has 1 heterocycles. The van der Waals surface area contributed by atoms with Crippen molar-refractivity contribution in [3.8, 4) is 0 Å². The fourth-order valence-corrected chi connectivity index (χ4v) is 1.88. The zero-order valence-electron chi connectivity index (χ0n) is 9.28. The highest BCUT2D eigenvalue weighted by Gasteiger charge is 2.37. The van der Waals surface area contributed by atoms with Crippen molar-refractivity contribution < 1.29 is 22.7 Å². The Kier molecular flexibility index (Phi) is 4.02. The maximum atomic E-state index is 12.4. The number of ether oxygens (including phenoxy) is 1. The lowest BCUT2D eigenvalue weighted by Crippen LogP contribution is -2.16. The van der Waals surface area contributed by atoms with Gasteiger partial charge in [0, 0.05) is 7.05 Å². The summed E-state index contributed by atoms with van der Waals surface area (Å²) >= 11 is 0.855. The maximum Gasteiger partial charge on any atom is 0.451 e. The number of hydrogen-bond donors (Lipinski definition) is 0. The van der Waals surface area contributed by atoms with Gasteiger partial charge in [-0.3, -0.25) is 4.79 Å². The first-order valence-electron chi connectivity index (χ1n) is 4.48. The van der Waals surface area contributed by atoms with E-state index in [-0.39, 0.29) is 5.16 Å². The number of carbonyl (C=O) groups excluding carboxylic acids is 1. The molecule has 0 aliphatic carbocycles. The van der Waals surface area contributed by atoms with Crippen molar-refractivity contribution in [2.75, 3.05) is 7.11 Å². The Morgan fingerprint density at radius 1 is 1.47 bits per heavy atom. The third-order valence-corrected chi connectivity index (χ3v) is 3.02. The van der Waals surface area contributed by atoms with Gasteiger partial charge in [-0.25, -0.2) is 0 Å². The average Bonchev–Trinajstić information content (AvgIpc) is 2.58. The van der Waals surface area contributed by atoms with Crippen molar-refractivity contribution >= 4 is 17.7 Å². The Morgan fingerprint density at radius 3 is 2.47 bits per heavy atom. The minimum absolute atomic E-state index is 0.00947. The summed E-state index contributed by atoms with van der Waals surface area (Å²) < 4.78 is 42.5. The molecule has 0 amide bonds. The minimum Gasteiger partial charge on any atom is -0.468 e. The molecule has 5 nitrogen and oxygen atoms in total. The summed E-state index contributed by atoms with van der Waals surface area (Å²) in [6.07, 6.45) is -4.56. The number of halogens is 3. The molecule has 1 aromatic heterocycles. The summed E-state index contributed by atoms with van der Waals surface area (Å²) in [6, 6.07) is 0. The Morgan fingerprint density at radius 2 is 2.06 bits per heavy atom. The molecule has 0 saturated carbocycles. The van der Waals surface area contributed by atoms with Gasteiger partial charge in [-0.1, -0.05) is 11.8 Å². The Labute approximate surface area is 99.3 Å². The van der Waals surface area contributed by atoms with E-state index in [4.69, 9.17) is 0 Å². The quantitative estimate of drug-likeness (QED) is 0.614. The number of aromatic nitrogens is 3. The Balaban J connectivity index is 2.88. The van der Waals surface area contributed by atoms with Gasteiger partial charge in [0.05, 0.1) is 7.11 Å². The second-order valence-electron chi connectivity index (χ2n) is 3.15. The molecule has 1 unspecified atom stereocenters. The number of alkyl halides is 3. The Bertz CT molecular complexity index is 419. The van der Waals surface area contributed by atoms with Gasteiger partial charge >= 0.3 is 12.1 Å². The van der Waals surface area contributed by atoms with E-state index in [0.717, 1.165) is 16.3 Å². The molecular weight excluding hydrogens is 259 g/mol. The molecule has 0 aromatic carbocycles. The van der Waals surface area contributed by atoms with Crippen molar-refractivity contribution in [3.63, 3.8) is 0 Å². The fourth-order valence-electron chi connectivity index (χ4n) is 1.04. The van der Waals surface area contributed by atoms with E-state index >= 15 is 0 Å². The molecule has 0 N–H and O–H groups in total. The number of rotatable bonds is 3. The third kappa shape index (κ3) is 3.11. The molecule has 0 fully saturated rings. The lowest BCUT2D eigenvalue weighted by molar-refractivity contribution is -0.147. The monoisotopic (exact) mass is 269 g/mol. The number of esters is 1. The van der Waals surface area contributed by atoms with Crippen molar-refractivity contribution in [3.05, 3.63) is 5.82 Å². The summed E-state index contributed by atoms with van der Waals surface area (Å²) in [6.45, 7) is 1.51. The number of hydrogen-bond acceptors (Lipinski definition) is 5. The first-order chi connectivity index (χ1) is 7.77. The molecular formula is C8H10F3N3O2S. The van der Waals surface area contributed by atoms with Crippen LogP contribution in [0.3, 0.4) is 0 Å². The second kappa shape index (κ2) is 4.94. The van der Waals surface area contributed by atoms with Crippen LogP contribution in [0.25, 0.3) is 0 Å². The molecule has 0 saturated heterocycles. The van der Waals surface area contributed by atoms with Gasteiger partial charge in [0.2, 0.25) is 5.82 Å². The van der Waals surface area contributed by atoms with Crippen LogP contribution < -0.4 is 0 Å². The van der Waals surface area contributed by atoms with Gasteiger partial charge in [-0.2, -0.15) is 13.2 Å². The van der Waals surface area contributed by atoms with E-state index in [9.17, 15) is 18.0 Å². The van der Waals surface area contributed by atoms with Crippen LogP contribution in [0.5, 0.6) is 0 Å². The van der Waals surface area contributed by atoms with Gasteiger partial charge in [-0.15, -0.1) is 10.2 Å². The molecule has 1 aromatic rings. The number of methoxy groups -OCH3 is 1. The SMILES string of the molecule is COC(=O)C(C)Sc1nnc(C(F)(F)F)n1C. The predicted octanol–water partition coefficient (Wildman–Crippen LogP) is 1.49. The highest BCUT2D eigenvalue weighted by Crippen LogP contribution is 2.30. The molecule has 0 spiro atoms. The molecule has 1 atom stereocenters. The van der Waals surface area contributed by atoms with Gasteiger partial charge in [0.15, 0.2) is 5.16 Å². The van der Waals surface area contributed by atoms with Crippen molar-refractivity contribution in [1.82, 2.24) is 14.8 Å². The third-order valence-electron chi connectivity index (χ3n) is 1.90. The van der Waals surface area contributed by atoms with Gasteiger partial charge in [0.1, 0.15) is 5.25 Å². The zero-order valence-corrected chi connectivity index (χ0v) is 10.1. The fraction of sp³-hybridized carbons (Fsp3) is 0.625. The zero-order chi connectivity index (χ0) is 13.2. The van der Waals surface area contributed by atoms with Gasteiger partial charge < -0.3 is 9.30 Å².